The molecule has 0 bridgehead atoms. The molecule has 10 aromatic rings. The zero-order valence-corrected chi connectivity index (χ0v) is 32.7. The average molecular weight is 905 g/mol. The first-order valence-electron chi connectivity index (χ1n) is 16.2. The predicted molar refractivity (Wildman–Crippen MR) is 210 cm³/mol. The lowest BCUT2D eigenvalue weighted by atomic mass is 10.1. The molecule has 0 saturated heterocycles. The van der Waals surface area contributed by atoms with Crippen molar-refractivity contribution in [3.05, 3.63) is 119 Å². The Hall–Kier alpha value is -5.12. The first-order valence-corrected chi connectivity index (χ1v) is 21.1. The molecule has 0 fully saturated rings. The Labute approximate surface area is 340 Å². The highest BCUT2D eigenvalue weighted by Gasteiger charge is 2.30. The summed E-state index contributed by atoms with van der Waals surface area (Å²) in [6.07, 6.45) is 2.63. The molecule has 0 unspecified atom stereocenters. The topological polar surface area (TPSA) is 51.6 Å². The van der Waals surface area contributed by atoms with E-state index in [1.165, 1.54) is 57.7 Å². The molecule has 0 amide bonds. The number of hydrogen-bond acceptors (Lipinski definition) is 10. The number of rotatable bonds is 6. The fraction of sp³-hybridized carbons (Fsp3) is 0. The summed E-state index contributed by atoms with van der Waals surface area (Å²) in [5, 5.41) is 2.56. The molecule has 0 N–H and O–H groups in total. The minimum atomic E-state index is -2.24. The van der Waals surface area contributed by atoms with Crippen molar-refractivity contribution < 1.29 is 43.9 Å². The quantitative estimate of drug-likeness (QED) is 0.0948. The largest absolute Gasteiger partial charge is 0.244 e. The van der Waals surface area contributed by atoms with Crippen LogP contribution >= 0.6 is 68.0 Å². The summed E-state index contributed by atoms with van der Waals surface area (Å²) in [6, 6.07) is 15.1. The van der Waals surface area contributed by atoms with Gasteiger partial charge in [0.05, 0.1) is 51.1 Å². The summed E-state index contributed by atoms with van der Waals surface area (Å²) in [7, 11) is 0. The van der Waals surface area contributed by atoms with Gasteiger partial charge in [-0.25, -0.2) is 63.8 Å². The van der Waals surface area contributed by atoms with Crippen LogP contribution in [0, 0.1) is 58.2 Å². The molecular formula is C38H10F10N4S6. The SMILES string of the molecule is Fc1c(F)c(F)c(-c2ncc(-c3ccc(-c4nc5cc6cc7sc(-c8ccc(-c9cnc(-c%10c(F)c(F)c(F)c(F)c%10F)s9)s8)nc7cc6cc5s4)s3)s2)c(F)c1F. The van der Waals surface area contributed by atoms with Crippen LogP contribution in [0.5, 0.6) is 0 Å². The van der Waals surface area contributed by atoms with Crippen LogP contribution in [-0.4, -0.2) is 19.9 Å². The maximum absolute atomic E-state index is 14.4. The highest BCUT2D eigenvalue weighted by atomic mass is 32.1. The second-order valence-corrected chi connectivity index (χ2v) is 18.6. The Kier molecular flexibility index (Phi) is 8.80. The second-order valence-electron chi connectivity index (χ2n) is 12.3. The molecule has 6 heterocycles. The van der Waals surface area contributed by atoms with Crippen molar-refractivity contribution >= 4 is 99.2 Å². The molecule has 0 aliphatic rings. The van der Waals surface area contributed by atoms with Crippen LogP contribution in [0.2, 0.25) is 0 Å². The van der Waals surface area contributed by atoms with Crippen molar-refractivity contribution in [3.63, 3.8) is 0 Å². The lowest BCUT2D eigenvalue weighted by molar-refractivity contribution is 0.381. The second kappa shape index (κ2) is 13.7. The van der Waals surface area contributed by atoms with E-state index in [9.17, 15) is 43.9 Å². The highest BCUT2D eigenvalue weighted by molar-refractivity contribution is 7.29. The van der Waals surface area contributed by atoms with Crippen molar-refractivity contribution in [2.24, 2.45) is 0 Å². The first-order chi connectivity index (χ1) is 27.8. The van der Waals surface area contributed by atoms with E-state index in [0.717, 1.165) is 63.6 Å². The van der Waals surface area contributed by atoms with Crippen LogP contribution in [-0.2, 0) is 0 Å². The third-order valence-electron chi connectivity index (χ3n) is 8.83. The summed E-state index contributed by atoms with van der Waals surface area (Å²) in [5.74, 6) is -20.4. The Balaban J connectivity index is 0.913. The standard InChI is InChI=1S/C38H10F10N4S6/c39-25-23(26(40)30(44)33(47)29(25)43)37-49-9-21(57-37)15-1-3-17(53-15)35-51-13-5-11-8-20-14(6-12(11)7-19(13)55-35)52-36(56-20)18-4-2-16(54-18)22-10-50-38(58-22)24-27(41)31(45)34(48)32(46)28(24)42/h1-10H. The third-order valence-corrected chi connectivity index (χ3v) is 15.8. The smallest absolute Gasteiger partial charge is 0.200 e. The number of thiophene rings is 2. The number of nitrogens with zero attached hydrogens (tertiary/aromatic N) is 4. The number of aromatic nitrogens is 4. The summed E-state index contributed by atoms with van der Waals surface area (Å²) in [4.78, 5) is 21.4. The van der Waals surface area contributed by atoms with Gasteiger partial charge in [0.15, 0.2) is 46.5 Å². The first kappa shape index (κ1) is 37.2. The van der Waals surface area contributed by atoms with Crippen molar-refractivity contribution in [2.75, 3.05) is 0 Å². The molecule has 4 nitrogen and oxygen atoms in total. The molecule has 0 radical (unpaired) electrons. The Morgan fingerprint density at radius 1 is 0.328 bits per heavy atom. The number of halogens is 10. The zero-order chi connectivity index (χ0) is 40.3. The van der Waals surface area contributed by atoms with Crippen molar-refractivity contribution in [2.45, 2.75) is 0 Å². The van der Waals surface area contributed by atoms with E-state index >= 15 is 0 Å². The molecule has 0 aliphatic heterocycles. The normalized spacial score (nSPS) is 12.0. The monoisotopic (exact) mass is 904 g/mol. The van der Waals surface area contributed by atoms with Crippen LogP contribution in [0.4, 0.5) is 43.9 Å². The van der Waals surface area contributed by atoms with Crippen LogP contribution in [0.1, 0.15) is 0 Å². The molecular weight excluding hydrogens is 895 g/mol. The van der Waals surface area contributed by atoms with E-state index in [0.29, 0.717) is 29.5 Å². The number of benzene rings is 4. The average Bonchev–Trinajstić information content (AvgIpc) is 4.07. The maximum atomic E-state index is 14.4. The van der Waals surface area contributed by atoms with Crippen molar-refractivity contribution in [1.29, 1.82) is 0 Å². The summed E-state index contributed by atoms with van der Waals surface area (Å²) >= 11 is 7.16. The molecule has 288 valence electrons. The van der Waals surface area contributed by atoms with E-state index in [4.69, 9.17) is 9.97 Å². The number of thiazole rings is 4. The van der Waals surface area contributed by atoms with Crippen LogP contribution in [0.15, 0.2) is 60.9 Å². The van der Waals surface area contributed by atoms with E-state index in [-0.39, 0.29) is 10.0 Å². The molecule has 0 spiro atoms. The van der Waals surface area contributed by atoms with Gasteiger partial charge in [0.25, 0.3) is 0 Å². The minimum Gasteiger partial charge on any atom is -0.244 e. The van der Waals surface area contributed by atoms with Gasteiger partial charge in [-0.2, -0.15) is 0 Å². The van der Waals surface area contributed by atoms with Gasteiger partial charge >= 0.3 is 0 Å². The molecule has 0 atom stereocenters. The van der Waals surface area contributed by atoms with Gasteiger partial charge in [-0.3, -0.25) is 0 Å². The van der Waals surface area contributed by atoms with E-state index in [1.54, 1.807) is 12.1 Å². The molecule has 0 saturated carbocycles. The molecule has 58 heavy (non-hydrogen) atoms. The molecule has 20 heteroatoms. The summed E-state index contributed by atoms with van der Waals surface area (Å²) in [5.41, 5.74) is -0.673. The summed E-state index contributed by atoms with van der Waals surface area (Å²) in [6.45, 7) is 0. The van der Waals surface area contributed by atoms with Gasteiger partial charge < -0.3 is 0 Å². The Bertz CT molecular complexity index is 3000. The van der Waals surface area contributed by atoms with E-state index < -0.39 is 69.3 Å². The molecule has 6 aromatic heterocycles. The van der Waals surface area contributed by atoms with Crippen molar-refractivity contribution in [1.82, 2.24) is 19.9 Å². The molecule has 0 aliphatic carbocycles. The van der Waals surface area contributed by atoms with Gasteiger partial charge in [0, 0.05) is 22.1 Å². The zero-order valence-electron chi connectivity index (χ0n) is 27.8. The van der Waals surface area contributed by atoms with Gasteiger partial charge in [0.1, 0.15) is 20.0 Å². The number of hydrogen-bond donors (Lipinski definition) is 0. The maximum Gasteiger partial charge on any atom is 0.200 e. The molecule has 4 aromatic carbocycles. The Morgan fingerprint density at radius 3 is 1.05 bits per heavy atom. The van der Waals surface area contributed by atoms with Crippen LogP contribution in [0.3, 0.4) is 0 Å². The van der Waals surface area contributed by atoms with E-state index in [1.807, 2.05) is 36.4 Å². The fourth-order valence-electron chi connectivity index (χ4n) is 6.07. The molecule has 10 rings (SSSR count). The van der Waals surface area contributed by atoms with Gasteiger partial charge in [-0.1, -0.05) is 0 Å². The van der Waals surface area contributed by atoms with E-state index in [2.05, 4.69) is 9.97 Å². The predicted octanol–water partition coefficient (Wildman–Crippen LogP) is 14.5. The number of fused-ring (bicyclic) bond motifs is 3. The van der Waals surface area contributed by atoms with Crippen LogP contribution < -0.4 is 0 Å². The fourth-order valence-corrected chi connectivity index (χ4v) is 12.2. The Morgan fingerprint density at radius 2 is 0.672 bits per heavy atom. The lowest BCUT2D eigenvalue weighted by Crippen LogP contribution is -2.03. The lowest BCUT2D eigenvalue weighted by Gasteiger charge is -2.05. The van der Waals surface area contributed by atoms with Gasteiger partial charge in [-0.05, 0) is 59.3 Å². The highest BCUT2D eigenvalue weighted by Crippen LogP contribution is 2.45. The third kappa shape index (κ3) is 5.87. The van der Waals surface area contributed by atoms with Crippen LogP contribution in [0.25, 0.3) is 91.6 Å². The van der Waals surface area contributed by atoms with Gasteiger partial charge in [-0.15, -0.1) is 68.0 Å². The minimum absolute atomic E-state index is 0.350. The summed E-state index contributed by atoms with van der Waals surface area (Å²) < 4.78 is 142. The van der Waals surface area contributed by atoms with Gasteiger partial charge in [0.2, 0.25) is 11.6 Å². The van der Waals surface area contributed by atoms with Crippen molar-refractivity contribution in [3.8, 4) is 60.4 Å².